The molecule has 0 heterocycles. The van der Waals surface area contributed by atoms with Gasteiger partial charge in [-0.05, 0) is 50.3 Å². The summed E-state index contributed by atoms with van der Waals surface area (Å²) in [5.74, 6) is -1.14. The van der Waals surface area contributed by atoms with Crippen molar-refractivity contribution in [1.29, 1.82) is 0 Å². The van der Waals surface area contributed by atoms with Gasteiger partial charge in [0.25, 0.3) is 0 Å². The predicted molar refractivity (Wildman–Crippen MR) is 83.0 cm³/mol. The molecule has 0 atom stereocenters. The summed E-state index contributed by atoms with van der Waals surface area (Å²) < 4.78 is 28.2. The number of aromatic carboxylic acids is 1. The van der Waals surface area contributed by atoms with Crippen LogP contribution in [0.15, 0.2) is 21.5 Å². The van der Waals surface area contributed by atoms with Gasteiger partial charge in [-0.3, -0.25) is 0 Å². The van der Waals surface area contributed by atoms with Crippen LogP contribution in [0.2, 0.25) is 0 Å². The zero-order valence-corrected chi connectivity index (χ0v) is 14.3. The minimum Gasteiger partial charge on any atom is -0.478 e. The Hall–Kier alpha value is -0.920. The van der Waals surface area contributed by atoms with Crippen molar-refractivity contribution < 1.29 is 18.3 Å². The van der Waals surface area contributed by atoms with Crippen LogP contribution < -0.4 is 4.72 Å². The topological polar surface area (TPSA) is 83.5 Å². The lowest BCUT2D eigenvalue weighted by Gasteiger charge is -2.41. The summed E-state index contributed by atoms with van der Waals surface area (Å²) in [5, 5.41) is 9.18. The summed E-state index contributed by atoms with van der Waals surface area (Å²) in [5.41, 5.74) is 0.124. The largest absolute Gasteiger partial charge is 0.478 e. The molecule has 0 bridgehead atoms. The molecule has 0 aliphatic heterocycles. The lowest BCUT2D eigenvalue weighted by atomic mass is 9.76. The maximum atomic E-state index is 12.5. The van der Waals surface area contributed by atoms with Crippen LogP contribution in [0.1, 0.15) is 48.5 Å². The third-order valence-electron chi connectivity index (χ3n) is 4.20. The Balaban J connectivity index is 2.43. The van der Waals surface area contributed by atoms with E-state index >= 15 is 0 Å². The maximum absolute atomic E-state index is 12.5. The molecule has 1 aromatic carbocycles. The number of halogens is 1. The lowest BCUT2D eigenvalue weighted by Crippen LogP contribution is -2.52. The summed E-state index contributed by atoms with van der Waals surface area (Å²) in [4.78, 5) is 11.2. The van der Waals surface area contributed by atoms with E-state index in [2.05, 4.69) is 20.7 Å². The van der Waals surface area contributed by atoms with Gasteiger partial charge in [0.15, 0.2) is 0 Å². The normalized spacial score (nSPS) is 17.3. The number of nitrogens with one attached hydrogen (secondary N) is 1. The van der Waals surface area contributed by atoms with Crippen molar-refractivity contribution in [2.45, 2.75) is 50.0 Å². The Bertz CT molecular complexity index is 675. The second-order valence-electron chi connectivity index (χ2n) is 5.48. The fourth-order valence-electron chi connectivity index (χ4n) is 2.51. The van der Waals surface area contributed by atoms with Gasteiger partial charge in [-0.1, -0.05) is 22.9 Å². The predicted octanol–water partition coefficient (Wildman–Crippen LogP) is 3.07. The van der Waals surface area contributed by atoms with E-state index in [-0.39, 0.29) is 16.0 Å². The highest BCUT2D eigenvalue weighted by molar-refractivity contribution is 9.10. The molecule has 1 aliphatic carbocycles. The molecular weight excluding hydrogens is 358 g/mol. The van der Waals surface area contributed by atoms with E-state index in [9.17, 15) is 18.3 Å². The quantitative estimate of drug-likeness (QED) is 0.827. The molecule has 0 aromatic heterocycles. The average molecular weight is 376 g/mol. The molecule has 0 spiro atoms. The first-order chi connectivity index (χ1) is 9.71. The van der Waals surface area contributed by atoms with E-state index < -0.39 is 16.0 Å². The van der Waals surface area contributed by atoms with E-state index in [0.717, 1.165) is 25.7 Å². The summed E-state index contributed by atoms with van der Waals surface area (Å²) in [7, 11) is -3.73. The molecule has 0 saturated heterocycles. The van der Waals surface area contributed by atoms with Gasteiger partial charge in [-0.25, -0.2) is 17.9 Å². The number of sulfonamides is 1. The second kappa shape index (κ2) is 5.70. The molecule has 1 aromatic rings. The Morgan fingerprint density at radius 1 is 1.43 bits per heavy atom. The third-order valence-corrected chi connectivity index (χ3v) is 6.58. The molecule has 0 radical (unpaired) electrons. The highest BCUT2D eigenvalue weighted by atomic mass is 79.9. The molecule has 21 heavy (non-hydrogen) atoms. The van der Waals surface area contributed by atoms with E-state index in [4.69, 9.17) is 0 Å². The Morgan fingerprint density at radius 3 is 2.48 bits per heavy atom. The standard InChI is InChI=1S/C14H18BrNO4S/c1-3-14(5-4-6-14)16-21(19,20)10-7-11(13(17)18)9(2)12(15)8-10/h7-8,16H,3-6H2,1-2H3,(H,17,18). The SMILES string of the molecule is CCC1(NS(=O)(=O)c2cc(Br)c(C)c(C(=O)O)c2)CCC1. The number of hydrogen-bond donors (Lipinski definition) is 2. The van der Waals surface area contributed by atoms with Crippen LogP contribution in [-0.4, -0.2) is 25.0 Å². The van der Waals surface area contributed by atoms with Gasteiger partial charge in [0, 0.05) is 10.0 Å². The van der Waals surface area contributed by atoms with E-state index in [0.29, 0.717) is 10.0 Å². The summed E-state index contributed by atoms with van der Waals surface area (Å²) in [6.07, 6.45) is 3.38. The summed E-state index contributed by atoms with van der Waals surface area (Å²) in [6.45, 7) is 3.59. The number of carboxylic acids is 1. The van der Waals surface area contributed by atoms with Gasteiger partial charge in [-0.15, -0.1) is 0 Å². The monoisotopic (exact) mass is 375 g/mol. The van der Waals surface area contributed by atoms with Crippen molar-refractivity contribution in [3.63, 3.8) is 0 Å². The lowest BCUT2D eigenvalue weighted by molar-refractivity contribution is 0.0695. The van der Waals surface area contributed by atoms with Crippen molar-refractivity contribution in [2.24, 2.45) is 0 Å². The number of carboxylic acid groups (broad SMARTS) is 1. The van der Waals surface area contributed by atoms with Crippen LogP contribution in [0.4, 0.5) is 0 Å². The molecule has 0 amide bonds. The molecule has 116 valence electrons. The van der Waals surface area contributed by atoms with E-state index in [1.54, 1.807) is 6.92 Å². The second-order valence-corrected chi connectivity index (χ2v) is 8.01. The molecule has 2 N–H and O–H groups in total. The average Bonchev–Trinajstić information content (AvgIpc) is 2.36. The fourth-order valence-corrected chi connectivity index (χ4v) is 4.70. The van der Waals surface area contributed by atoms with Gasteiger partial charge in [-0.2, -0.15) is 0 Å². The first-order valence-corrected chi connectivity index (χ1v) is 9.06. The Labute approximate surface area is 132 Å². The zero-order valence-electron chi connectivity index (χ0n) is 11.9. The van der Waals surface area contributed by atoms with Crippen LogP contribution in [0.3, 0.4) is 0 Å². The van der Waals surface area contributed by atoms with Gasteiger partial charge < -0.3 is 5.11 Å². The molecule has 2 rings (SSSR count). The van der Waals surface area contributed by atoms with Crippen molar-refractivity contribution in [2.75, 3.05) is 0 Å². The van der Waals surface area contributed by atoms with Crippen molar-refractivity contribution in [3.8, 4) is 0 Å². The molecule has 1 aliphatic rings. The molecular formula is C14H18BrNO4S. The zero-order chi connectivity index (χ0) is 15.8. The van der Waals surface area contributed by atoms with E-state index in [1.165, 1.54) is 12.1 Å². The highest BCUT2D eigenvalue weighted by Gasteiger charge is 2.39. The fraction of sp³-hybridized carbons (Fsp3) is 0.500. The molecule has 5 nitrogen and oxygen atoms in total. The van der Waals surface area contributed by atoms with Gasteiger partial charge in [0.05, 0.1) is 10.5 Å². The van der Waals surface area contributed by atoms with Crippen LogP contribution >= 0.6 is 15.9 Å². The van der Waals surface area contributed by atoms with Gasteiger partial charge in [0.1, 0.15) is 0 Å². The minimum atomic E-state index is -3.73. The number of rotatable bonds is 5. The molecule has 1 fully saturated rings. The maximum Gasteiger partial charge on any atom is 0.336 e. The third kappa shape index (κ3) is 3.14. The van der Waals surface area contributed by atoms with Gasteiger partial charge in [0.2, 0.25) is 10.0 Å². The van der Waals surface area contributed by atoms with Crippen LogP contribution in [0, 0.1) is 6.92 Å². The van der Waals surface area contributed by atoms with Crippen LogP contribution in [0.25, 0.3) is 0 Å². The Kier molecular flexibility index (Phi) is 4.46. The first-order valence-electron chi connectivity index (χ1n) is 6.78. The van der Waals surface area contributed by atoms with Crippen molar-refractivity contribution in [1.82, 2.24) is 4.72 Å². The minimum absolute atomic E-state index is 0.0103. The van der Waals surface area contributed by atoms with Crippen LogP contribution in [0.5, 0.6) is 0 Å². The van der Waals surface area contributed by atoms with Crippen LogP contribution in [-0.2, 0) is 10.0 Å². The number of hydrogen-bond acceptors (Lipinski definition) is 3. The highest BCUT2D eigenvalue weighted by Crippen LogP contribution is 2.36. The molecule has 0 unspecified atom stereocenters. The van der Waals surface area contributed by atoms with Crippen molar-refractivity contribution in [3.05, 3.63) is 27.7 Å². The van der Waals surface area contributed by atoms with Gasteiger partial charge >= 0.3 is 5.97 Å². The number of benzene rings is 1. The van der Waals surface area contributed by atoms with E-state index in [1.807, 2.05) is 6.92 Å². The first kappa shape index (κ1) is 16.5. The summed E-state index contributed by atoms with van der Waals surface area (Å²) in [6, 6.07) is 2.67. The molecule has 7 heteroatoms. The Morgan fingerprint density at radius 2 is 2.05 bits per heavy atom. The van der Waals surface area contributed by atoms with Crippen molar-refractivity contribution >= 4 is 31.9 Å². The smallest absolute Gasteiger partial charge is 0.336 e. The summed E-state index contributed by atoms with van der Waals surface area (Å²) >= 11 is 3.23. The molecule has 1 saturated carbocycles. The number of carbonyl (C=O) groups is 1.